The van der Waals surface area contributed by atoms with Crippen molar-refractivity contribution < 1.29 is 4.74 Å². The standard InChI is InChI=1S/C17H23N3O/c1-13-10-14-4-2-5-16-17(14)20(13)12-15(21-16)11-19-8-3-6-18-7-9-19/h2,4-5,10,15,18H,3,6-9,11-12H2,1H3. The van der Waals surface area contributed by atoms with Gasteiger partial charge >= 0.3 is 0 Å². The molecule has 0 amide bonds. The fourth-order valence-electron chi connectivity index (χ4n) is 3.64. The van der Waals surface area contributed by atoms with Crippen LogP contribution in [0.25, 0.3) is 10.9 Å². The summed E-state index contributed by atoms with van der Waals surface area (Å²) in [5.41, 5.74) is 2.60. The number of rotatable bonds is 2. The van der Waals surface area contributed by atoms with Crippen molar-refractivity contribution in [2.24, 2.45) is 0 Å². The zero-order valence-electron chi connectivity index (χ0n) is 12.6. The van der Waals surface area contributed by atoms with E-state index in [0.717, 1.165) is 38.5 Å². The van der Waals surface area contributed by atoms with Crippen LogP contribution in [-0.4, -0.2) is 48.3 Å². The fraction of sp³-hybridized carbons (Fsp3) is 0.529. The molecule has 2 aliphatic rings. The van der Waals surface area contributed by atoms with Gasteiger partial charge in [0.1, 0.15) is 11.9 Å². The van der Waals surface area contributed by atoms with Crippen LogP contribution in [0.4, 0.5) is 0 Å². The molecule has 3 heterocycles. The molecule has 1 aromatic carbocycles. The Bertz CT molecular complexity index is 641. The molecule has 0 saturated carbocycles. The van der Waals surface area contributed by atoms with Crippen molar-refractivity contribution in [3.05, 3.63) is 30.0 Å². The van der Waals surface area contributed by atoms with E-state index in [1.54, 1.807) is 0 Å². The molecule has 4 heteroatoms. The van der Waals surface area contributed by atoms with Gasteiger partial charge in [0, 0.05) is 30.7 Å². The van der Waals surface area contributed by atoms with Gasteiger partial charge in [0.2, 0.25) is 0 Å². The Hall–Kier alpha value is -1.52. The summed E-state index contributed by atoms with van der Waals surface area (Å²) >= 11 is 0. The van der Waals surface area contributed by atoms with Crippen molar-refractivity contribution >= 4 is 10.9 Å². The minimum absolute atomic E-state index is 0.257. The summed E-state index contributed by atoms with van der Waals surface area (Å²) in [4.78, 5) is 2.54. The Balaban J connectivity index is 1.56. The smallest absolute Gasteiger partial charge is 0.144 e. The van der Waals surface area contributed by atoms with Crippen LogP contribution in [0.3, 0.4) is 0 Å². The van der Waals surface area contributed by atoms with Gasteiger partial charge in [0.15, 0.2) is 0 Å². The minimum Gasteiger partial charge on any atom is -0.485 e. The molecule has 0 aliphatic carbocycles. The molecule has 4 rings (SSSR count). The molecule has 0 radical (unpaired) electrons. The highest BCUT2D eigenvalue weighted by atomic mass is 16.5. The third-order valence-electron chi connectivity index (χ3n) is 4.66. The van der Waals surface area contributed by atoms with Gasteiger partial charge in [-0.05, 0) is 38.6 Å². The summed E-state index contributed by atoms with van der Waals surface area (Å²) in [6.45, 7) is 8.72. The van der Waals surface area contributed by atoms with Gasteiger partial charge < -0.3 is 14.6 Å². The SMILES string of the molecule is Cc1cc2cccc3c2n1CC(CN1CCCNCC1)O3. The number of benzene rings is 1. The normalized spacial score (nSPS) is 23.0. The first kappa shape index (κ1) is 13.2. The van der Waals surface area contributed by atoms with Gasteiger partial charge in [-0.15, -0.1) is 0 Å². The molecule has 21 heavy (non-hydrogen) atoms. The van der Waals surface area contributed by atoms with E-state index in [0.29, 0.717) is 0 Å². The zero-order valence-corrected chi connectivity index (χ0v) is 12.6. The average molecular weight is 285 g/mol. The summed E-state index contributed by atoms with van der Waals surface area (Å²) in [6, 6.07) is 8.64. The van der Waals surface area contributed by atoms with Crippen LogP contribution < -0.4 is 10.1 Å². The molecule has 2 aliphatic heterocycles. The van der Waals surface area contributed by atoms with Gasteiger partial charge in [0.05, 0.1) is 12.1 Å². The first-order valence-corrected chi connectivity index (χ1v) is 8.00. The maximum Gasteiger partial charge on any atom is 0.144 e. The number of hydrogen-bond donors (Lipinski definition) is 1. The van der Waals surface area contributed by atoms with Crippen molar-refractivity contribution in [3.8, 4) is 5.75 Å². The molecule has 112 valence electrons. The van der Waals surface area contributed by atoms with Crippen molar-refractivity contribution in [1.29, 1.82) is 0 Å². The van der Waals surface area contributed by atoms with E-state index in [1.807, 2.05) is 0 Å². The number of nitrogens with one attached hydrogen (secondary N) is 1. The van der Waals surface area contributed by atoms with Gasteiger partial charge in [-0.3, -0.25) is 4.90 Å². The van der Waals surface area contributed by atoms with E-state index in [-0.39, 0.29) is 6.10 Å². The molecule has 1 aromatic heterocycles. The number of aromatic nitrogens is 1. The molecule has 1 N–H and O–H groups in total. The molecular formula is C17H23N3O. The van der Waals surface area contributed by atoms with Crippen LogP contribution in [0.1, 0.15) is 12.1 Å². The highest BCUT2D eigenvalue weighted by Crippen LogP contribution is 2.33. The maximum atomic E-state index is 6.28. The van der Waals surface area contributed by atoms with Crippen LogP contribution in [0.2, 0.25) is 0 Å². The lowest BCUT2D eigenvalue weighted by molar-refractivity contribution is 0.115. The van der Waals surface area contributed by atoms with Gasteiger partial charge in [-0.25, -0.2) is 0 Å². The lowest BCUT2D eigenvalue weighted by Gasteiger charge is -2.31. The van der Waals surface area contributed by atoms with Crippen molar-refractivity contribution in [2.45, 2.75) is 26.0 Å². The largest absolute Gasteiger partial charge is 0.485 e. The van der Waals surface area contributed by atoms with E-state index >= 15 is 0 Å². The van der Waals surface area contributed by atoms with Crippen LogP contribution in [0.15, 0.2) is 24.3 Å². The Morgan fingerprint density at radius 2 is 2.24 bits per heavy atom. The third-order valence-corrected chi connectivity index (χ3v) is 4.66. The number of ether oxygens (including phenoxy) is 1. The van der Waals surface area contributed by atoms with E-state index in [2.05, 4.69) is 46.0 Å². The number of para-hydroxylation sites is 1. The van der Waals surface area contributed by atoms with Crippen LogP contribution in [0, 0.1) is 6.92 Å². The number of hydrogen-bond acceptors (Lipinski definition) is 3. The Labute approximate surface area is 125 Å². The number of aryl methyl sites for hydroxylation is 1. The highest BCUT2D eigenvalue weighted by molar-refractivity contribution is 5.87. The van der Waals surface area contributed by atoms with Gasteiger partial charge in [-0.2, -0.15) is 0 Å². The monoisotopic (exact) mass is 285 g/mol. The van der Waals surface area contributed by atoms with Crippen molar-refractivity contribution in [3.63, 3.8) is 0 Å². The molecule has 0 bridgehead atoms. The van der Waals surface area contributed by atoms with E-state index in [4.69, 9.17) is 4.74 Å². The fourth-order valence-corrected chi connectivity index (χ4v) is 3.64. The first-order chi connectivity index (χ1) is 10.3. The van der Waals surface area contributed by atoms with Crippen molar-refractivity contribution in [2.75, 3.05) is 32.7 Å². The Morgan fingerprint density at radius 3 is 3.19 bits per heavy atom. The summed E-state index contributed by atoms with van der Waals surface area (Å²) < 4.78 is 8.70. The minimum atomic E-state index is 0.257. The molecule has 1 fully saturated rings. The summed E-state index contributed by atoms with van der Waals surface area (Å²) in [7, 11) is 0. The summed E-state index contributed by atoms with van der Waals surface area (Å²) in [6.07, 6.45) is 1.49. The summed E-state index contributed by atoms with van der Waals surface area (Å²) in [5, 5.41) is 4.76. The molecule has 0 spiro atoms. The Morgan fingerprint density at radius 1 is 1.29 bits per heavy atom. The van der Waals surface area contributed by atoms with Crippen LogP contribution in [-0.2, 0) is 6.54 Å². The molecule has 2 aromatic rings. The topological polar surface area (TPSA) is 29.4 Å². The predicted octanol–water partition coefficient (Wildman–Crippen LogP) is 2.01. The second kappa shape index (κ2) is 5.35. The van der Waals surface area contributed by atoms with Gasteiger partial charge in [-0.1, -0.05) is 12.1 Å². The first-order valence-electron chi connectivity index (χ1n) is 8.00. The maximum absolute atomic E-state index is 6.28. The predicted molar refractivity (Wildman–Crippen MR) is 85.0 cm³/mol. The zero-order chi connectivity index (χ0) is 14.2. The Kier molecular flexibility index (Phi) is 3.36. The van der Waals surface area contributed by atoms with E-state index in [9.17, 15) is 0 Å². The lowest BCUT2D eigenvalue weighted by atomic mass is 10.2. The molecule has 1 unspecified atom stereocenters. The third kappa shape index (κ3) is 2.43. The molecular weight excluding hydrogens is 262 g/mol. The molecule has 1 saturated heterocycles. The van der Waals surface area contributed by atoms with E-state index in [1.165, 1.54) is 29.6 Å². The lowest BCUT2D eigenvalue weighted by Crippen LogP contribution is -2.41. The van der Waals surface area contributed by atoms with Crippen LogP contribution >= 0.6 is 0 Å². The van der Waals surface area contributed by atoms with Crippen LogP contribution in [0.5, 0.6) is 5.75 Å². The highest BCUT2D eigenvalue weighted by Gasteiger charge is 2.25. The van der Waals surface area contributed by atoms with Crippen molar-refractivity contribution in [1.82, 2.24) is 14.8 Å². The average Bonchev–Trinajstić information content (AvgIpc) is 2.66. The number of nitrogens with zero attached hydrogens (tertiary/aromatic N) is 2. The second-order valence-electron chi connectivity index (χ2n) is 6.23. The quantitative estimate of drug-likeness (QED) is 0.915. The second-order valence-corrected chi connectivity index (χ2v) is 6.23. The molecule has 4 nitrogen and oxygen atoms in total. The summed E-state index contributed by atoms with van der Waals surface area (Å²) in [5.74, 6) is 1.05. The van der Waals surface area contributed by atoms with E-state index < -0.39 is 0 Å². The van der Waals surface area contributed by atoms with Gasteiger partial charge in [0.25, 0.3) is 0 Å². The molecule has 1 atom stereocenters.